The third kappa shape index (κ3) is 2.98. The zero-order valence-electron chi connectivity index (χ0n) is 12.2. The van der Waals surface area contributed by atoms with E-state index >= 15 is 0 Å². The largest absolute Gasteiger partial charge is 0.377 e. The highest BCUT2D eigenvalue weighted by Gasteiger charge is 2.44. The van der Waals surface area contributed by atoms with Gasteiger partial charge in [-0.25, -0.2) is 0 Å². The summed E-state index contributed by atoms with van der Waals surface area (Å²) in [5, 5.41) is 7.89. The van der Waals surface area contributed by atoms with Crippen LogP contribution in [0.15, 0.2) is 21.1 Å². The molecule has 1 N–H and O–H groups in total. The normalized spacial score (nSPS) is 36.2. The third-order valence-electron chi connectivity index (χ3n) is 4.44. The van der Waals surface area contributed by atoms with Gasteiger partial charge >= 0.3 is 0 Å². The lowest BCUT2D eigenvalue weighted by atomic mass is 10.2. The molecule has 0 aromatic rings. The maximum absolute atomic E-state index is 5.55. The summed E-state index contributed by atoms with van der Waals surface area (Å²) in [7, 11) is 0. The first-order valence-corrected chi connectivity index (χ1v) is 9.10. The lowest BCUT2D eigenvalue weighted by Crippen LogP contribution is -2.37. The van der Waals surface area contributed by atoms with Crippen molar-refractivity contribution in [3.05, 3.63) is 11.1 Å². The Labute approximate surface area is 155 Å². The van der Waals surface area contributed by atoms with E-state index in [1.165, 1.54) is 5.70 Å². The molecule has 5 rings (SSSR count). The number of hydrogen-bond acceptors (Lipinski definition) is 8. The average molecular weight is 397 g/mol. The molecule has 5 heterocycles. The second kappa shape index (κ2) is 7.01. The van der Waals surface area contributed by atoms with Crippen LogP contribution in [0, 0.1) is 0 Å². The van der Waals surface area contributed by atoms with Crippen molar-refractivity contribution in [2.24, 2.45) is 9.98 Å². The summed E-state index contributed by atoms with van der Waals surface area (Å²) in [5.41, 5.74) is 1.33. The van der Waals surface area contributed by atoms with Crippen molar-refractivity contribution in [2.75, 3.05) is 32.2 Å². The summed E-state index contributed by atoms with van der Waals surface area (Å²) in [6.07, 6.45) is 0. The second-order valence-electron chi connectivity index (χ2n) is 5.76. The number of nitrogens with one attached hydrogen (secondary N) is 1. The summed E-state index contributed by atoms with van der Waals surface area (Å²) in [6.45, 7) is 3.09. The molecule has 4 atom stereocenters. The minimum Gasteiger partial charge on any atom is -0.377 e. The van der Waals surface area contributed by atoms with Crippen LogP contribution in [0.5, 0.6) is 0 Å². The van der Waals surface area contributed by atoms with Crippen LogP contribution in [-0.2, 0) is 9.47 Å². The maximum atomic E-state index is 5.55. The number of rotatable bonds is 2. The van der Waals surface area contributed by atoms with Gasteiger partial charge in [-0.15, -0.1) is 24.8 Å². The molecule has 0 aromatic heterocycles. The van der Waals surface area contributed by atoms with Gasteiger partial charge in [0.05, 0.1) is 50.6 Å². The quantitative estimate of drug-likeness (QED) is 0.759. The van der Waals surface area contributed by atoms with E-state index in [9.17, 15) is 0 Å². The Hall–Kier alpha value is -0.120. The smallest absolute Gasteiger partial charge is 0.168 e. The van der Waals surface area contributed by atoms with Crippen molar-refractivity contribution in [1.82, 2.24) is 10.2 Å². The van der Waals surface area contributed by atoms with E-state index in [1.807, 2.05) is 0 Å². The predicted molar refractivity (Wildman–Crippen MR) is 99.3 cm³/mol. The number of ether oxygens (including phenoxy) is 2. The number of hydrogen-bond donors (Lipinski definition) is 1. The van der Waals surface area contributed by atoms with Crippen LogP contribution >= 0.6 is 48.3 Å². The molecule has 6 nitrogen and oxygen atoms in total. The molecule has 2 fully saturated rings. The Bertz CT molecular complexity index is 574. The Morgan fingerprint density at radius 3 is 2.87 bits per heavy atom. The highest BCUT2D eigenvalue weighted by atomic mass is 35.5. The van der Waals surface area contributed by atoms with E-state index in [2.05, 4.69) is 15.6 Å². The van der Waals surface area contributed by atoms with Crippen molar-refractivity contribution in [2.45, 2.75) is 24.2 Å². The van der Waals surface area contributed by atoms with Crippen molar-refractivity contribution >= 4 is 58.7 Å². The SMILES string of the molecule is C1=C(CSC2=N[C@H]3COC[C@H]3N2)N2C(=N[C@@H]3COC[C@@H]32)S1.Cl.Cl. The molecule has 5 aliphatic heterocycles. The molecule has 0 saturated carbocycles. The van der Waals surface area contributed by atoms with Crippen LogP contribution < -0.4 is 5.32 Å². The van der Waals surface area contributed by atoms with Gasteiger partial charge in [-0.1, -0.05) is 23.5 Å². The molecule has 0 bridgehead atoms. The van der Waals surface area contributed by atoms with Gasteiger partial charge in [0.2, 0.25) is 0 Å². The van der Waals surface area contributed by atoms with Crippen molar-refractivity contribution < 1.29 is 9.47 Å². The fourth-order valence-electron chi connectivity index (χ4n) is 3.33. The summed E-state index contributed by atoms with van der Waals surface area (Å²) in [4.78, 5) is 11.8. The highest BCUT2D eigenvalue weighted by molar-refractivity contribution is 8.17. The van der Waals surface area contributed by atoms with Crippen LogP contribution in [0.25, 0.3) is 0 Å². The Balaban J connectivity index is 0.000000781. The molecular weight excluding hydrogens is 379 g/mol. The zero-order chi connectivity index (χ0) is 13.8. The number of nitrogens with zero attached hydrogens (tertiary/aromatic N) is 3. The molecular formula is C13H18Cl2N4O2S2. The van der Waals surface area contributed by atoms with E-state index in [4.69, 9.17) is 19.5 Å². The van der Waals surface area contributed by atoms with Gasteiger partial charge in [0.25, 0.3) is 0 Å². The highest BCUT2D eigenvalue weighted by Crippen LogP contribution is 2.38. The first kappa shape index (κ1) is 17.7. The minimum absolute atomic E-state index is 0. The fourth-order valence-corrected chi connectivity index (χ4v) is 5.39. The van der Waals surface area contributed by atoms with Gasteiger partial charge in [-0.2, -0.15) is 0 Å². The molecule has 2 saturated heterocycles. The van der Waals surface area contributed by atoms with Gasteiger partial charge in [0.1, 0.15) is 0 Å². The lowest BCUT2D eigenvalue weighted by Gasteiger charge is -2.23. The van der Waals surface area contributed by atoms with Crippen LogP contribution in [0.4, 0.5) is 0 Å². The average Bonchev–Trinajstić information content (AvgIpc) is 3.20. The van der Waals surface area contributed by atoms with Crippen LogP contribution in [0.2, 0.25) is 0 Å². The topological polar surface area (TPSA) is 58.5 Å². The predicted octanol–water partition coefficient (Wildman–Crippen LogP) is 1.32. The lowest BCUT2D eigenvalue weighted by molar-refractivity contribution is 0.178. The molecule has 128 valence electrons. The first-order valence-electron chi connectivity index (χ1n) is 7.24. The van der Waals surface area contributed by atoms with Crippen LogP contribution in [0.1, 0.15) is 0 Å². The molecule has 0 unspecified atom stereocenters. The monoisotopic (exact) mass is 396 g/mol. The van der Waals surface area contributed by atoms with Crippen LogP contribution in [-0.4, -0.2) is 71.6 Å². The van der Waals surface area contributed by atoms with E-state index < -0.39 is 0 Å². The second-order valence-corrected chi connectivity index (χ2v) is 7.56. The Morgan fingerprint density at radius 1 is 1.17 bits per heavy atom. The van der Waals surface area contributed by atoms with Crippen molar-refractivity contribution in [3.63, 3.8) is 0 Å². The standard InChI is InChI=1S/C13H16N4O2S2.2ClH/c1-8-9(2-18-1)15-12(14-8)20-5-7-6-21-13-16-10-3-19-4-11(10)17(7)13;;/h6,8-11H,1-5H2,(H,14,15);2*1H/t8-,9+,10-,11+;;/m1../s1. The molecule has 23 heavy (non-hydrogen) atoms. The molecule has 0 aromatic carbocycles. The van der Waals surface area contributed by atoms with Crippen LogP contribution in [0.3, 0.4) is 0 Å². The number of amidine groups is 2. The van der Waals surface area contributed by atoms with E-state index in [0.29, 0.717) is 24.2 Å². The summed E-state index contributed by atoms with van der Waals surface area (Å²) in [6, 6.07) is 1.44. The number of halogens is 2. The van der Waals surface area contributed by atoms with Gasteiger partial charge in [0.15, 0.2) is 10.3 Å². The zero-order valence-corrected chi connectivity index (χ0v) is 15.5. The Morgan fingerprint density at radius 2 is 2.00 bits per heavy atom. The maximum Gasteiger partial charge on any atom is 0.168 e. The number of fused-ring (bicyclic) bond motifs is 4. The molecule has 5 aliphatic rings. The molecule has 10 heteroatoms. The van der Waals surface area contributed by atoms with Gasteiger partial charge in [-0.3, -0.25) is 9.98 Å². The van der Waals surface area contributed by atoms with Gasteiger partial charge in [0, 0.05) is 11.4 Å². The number of thioether (sulfide) groups is 2. The molecule has 0 spiro atoms. The van der Waals surface area contributed by atoms with E-state index in [-0.39, 0.29) is 24.8 Å². The molecule has 0 radical (unpaired) electrons. The van der Waals surface area contributed by atoms with Crippen molar-refractivity contribution in [1.29, 1.82) is 0 Å². The van der Waals surface area contributed by atoms with E-state index in [0.717, 1.165) is 42.5 Å². The first-order chi connectivity index (χ1) is 10.4. The Kier molecular flexibility index (Phi) is 5.40. The van der Waals surface area contributed by atoms with Gasteiger partial charge < -0.3 is 19.7 Å². The molecule has 0 aliphatic carbocycles. The summed E-state index contributed by atoms with van der Waals surface area (Å²) < 4.78 is 11.0. The summed E-state index contributed by atoms with van der Waals surface area (Å²) in [5.74, 6) is 0.932. The van der Waals surface area contributed by atoms with Crippen molar-refractivity contribution in [3.8, 4) is 0 Å². The molecule has 0 amide bonds. The third-order valence-corrected chi connectivity index (χ3v) is 6.28. The van der Waals surface area contributed by atoms with Gasteiger partial charge in [-0.05, 0) is 5.41 Å². The minimum atomic E-state index is 0. The fraction of sp³-hybridized carbons (Fsp3) is 0.692. The van der Waals surface area contributed by atoms with E-state index in [1.54, 1.807) is 23.5 Å². The summed E-state index contributed by atoms with van der Waals surface area (Å²) >= 11 is 3.53. The number of aliphatic imine (C=N–C) groups is 2.